The van der Waals surface area contributed by atoms with E-state index in [1.807, 2.05) is 0 Å². The Morgan fingerprint density at radius 1 is 0.323 bits per heavy atom. The molecule has 0 amide bonds. The first-order valence-electron chi connectivity index (χ1n) is 26.0. The van der Waals surface area contributed by atoms with Crippen molar-refractivity contribution in [1.82, 2.24) is 0 Å². The minimum absolute atomic E-state index is 0.120. The van der Waals surface area contributed by atoms with Crippen LogP contribution in [0, 0.1) is 0 Å². The molecule has 0 N–H and O–H groups in total. The second-order valence-corrected chi connectivity index (χ2v) is 16.7. The maximum Gasteiger partial charge on any atom is 0.306 e. The van der Waals surface area contributed by atoms with E-state index in [9.17, 15) is 14.4 Å². The van der Waals surface area contributed by atoms with Gasteiger partial charge in [-0.25, -0.2) is 0 Å². The SMILES string of the molecule is CC/C=C/C/C=C/C/C=C/C/C=C/C/C=C/CCCC(=O)OC[C@@H](COC(=O)CCCCCCCCCCCCCCC)OC(=O)CCC/C=C/C/C=C/C/C=C/C/C=C/C/C=C/CC. The highest BCUT2D eigenvalue weighted by atomic mass is 16.6. The number of unbranched alkanes of at least 4 members (excludes halogenated alkanes) is 14. The molecule has 0 radical (unpaired) electrons. The van der Waals surface area contributed by atoms with Crippen LogP contribution in [0.3, 0.4) is 0 Å². The van der Waals surface area contributed by atoms with E-state index in [4.69, 9.17) is 14.2 Å². The molecule has 6 heteroatoms. The monoisotopic (exact) mass is 899 g/mol. The summed E-state index contributed by atoms with van der Waals surface area (Å²) in [5, 5.41) is 0. The third-order valence-electron chi connectivity index (χ3n) is 10.5. The molecule has 0 heterocycles. The van der Waals surface area contributed by atoms with E-state index in [1.54, 1.807) is 0 Å². The number of carbonyl (C=O) groups is 3. The summed E-state index contributed by atoms with van der Waals surface area (Å²) in [6.45, 7) is 6.30. The van der Waals surface area contributed by atoms with Crippen LogP contribution in [0.25, 0.3) is 0 Å². The molecule has 0 aliphatic carbocycles. The van der Waals surface area contributed by atoms with Crippen molar-refractivity contribution < 1.29 is 28.6 Å². The van der Waals surface area contributed by atoms with Crippen molar-refractivity contribution in [2.24, 2.45) is 0 Å². The lowest BCUT2D eigenvalue weighted by atomic mass is 10.0. The van der Waals surface area contributed by atoms with Gasteiger partial charge in [-0.3, -0.25) is 14.4 Å². The second-order valence-electron chi connectivity index (χ2n) is 16.7. The van der Waals surface area contributed by atoms with Crippen molar-refractivity contribution in [3.05, 3.63) is 122 Å². The van der Waals surface area contributed by atoms with Crippen LogP contribution in [-0.4, -0.2) is 37.2 Å². The van der Waals surface area contributed by atoms with Crippen LogP contribution in [0.4, 0.5) is 0 Å². The van der Waals surface area contributed by atoms with Gasteiger partial charge in [0, 0.05) is 19.3 Å². The van der Waals surface area contributed by atoms with Gasteiger partial charge in [-0.1, -0.05) is 219 Å². The molecule has 0 saturated heterocycles. The Bertz CT molecular complexity index is 1400. The van der Waals surface area contributed by atoms with Crippen molar-refractivity contribution in [3.8, 4) is 0 Å². The maximum absolute atomic E-state index is 12.8. The summed E-state index contributed by atoms with van der Waals surface area (Å²) in [7, 11) is 0. The molecule has 0 unspecified atom stereocenters. The van der Waals surface area contributed by atoms with Crippen LogP contribution >= 0.6 is 0 Å². The first-order valence-corrected chi connectivity index (χ1v) is 26.0. The lowest BCUT2D eigenvalue weighted by Gasteiger charge is -2.18. The first kappa shape index (κ1) is 60.8. The minimum Gasteiger partial charge on any atom is -0.462 e. The van der Waals surface area contributed by atoms with Gasteiger partial charge in [0.2, 0.25) is 0 Å². The van der Waals surface area contributed by atoms with Crippen molar-refractivity contribution in [2.45, 2.75) is 219 Å². The summed E-state index contributed by atoms with van der Waals surface area (Å²) in [6, 6.07) is 0. The average molecular weight is 899 g/mol. The zero-order chi connectivity index (χ0) is 47.2. The summed E-state index contributed by atoms with van der Waals surface area (Å²) in [6.07, 6.45) is 71.9. The van der Waals surface area contributed by atoms with Gasteiger partial charge in [-0.05, 0) is 96.3 Å². The highest BCUT2D eigenvalue weighted by Gasteiger charge is 2.19. The Labute approximate surface area is 399 Å². The fourth-order valence-corrected chi connectivity index (χ4v) is 6.63. The Kier molecular flexibility index (Phi) is 49.1. The molecule has 0 rings (SSSR count). The molecule has 0 bridgehead atoms. The number of hydrogen-bond donors (Lipinski definition) is 0. The normalized spacial score (nSPS) is 13.1. The van der Waals surface area contributed by atoms with Crippen LogP contribution in [0.15, 0.2) is 122 Å². The van der Waals surface area contributed by atoms with Crippen molar-refractivity contribution in [3.63, 3.8) is 0 Å². The molecule has 0 aromatic carbocycles. The standard InChI is InChI=1S/C59H94O6/c1-4-7-10-13-16-19-22-25-27-29-31-34-37-40-43-46-49-52-58(61)64-55-56(54-63-57(60)51-48-45-42-39-36-33-24-21-18-15-12-9-6-3)65-59(62)53-50-47-44-41-38-35-32-30-28-26-23-20-17-14-11-8-5-2/h7-8,10-11,16-17,19-20,25-28,31-32,34-35,40-41,43-44,56H,4-6,9,12-15,18,21-24,29-30,33,36-39,42,45-55H2,1-3H3/b10-7+,11-8+,19-16+,20-17+,27-25+,28-26+,34-31+,35-32+,43-40+,44-41+/t56-/m1/s1. The van der Waals surface area contributed by atoms with Crippen LogP contribution in [-0.2, 0) is 28.6 Å². The summed E-state index contributed by atoms with van der Waals surface area (Å²) in [4.78, 5) is 38.0. The lowest BCUT2D eigenvalue weighted by molar-refractivity contribution is -0.167. The molecule has 366 valence electrons. The van der Waals surface area contributed by atoms with Crippen LogP contribution in [0.2, 0.25) is 0 Å². The van der Waals surface area contributed by atoms with Crippen molar-refractivity contribution in [1.29, 1.82) is 0 Å². The third-order valence-corrected chi connectivity index (χ3v) is 10.5. The van der Waals surface area contributed by atoms with Crippen molar-refractivity contribution in [2.75, 3.05) is 13.2 Å². The number of esters is 3. The smallest absolute Gasteiger partial charge is 0.306 e. The largest absolute Gasteiger partial charge is 0.462 e. The molecule has 0 fully saturated rings. The van der Waals surface area contributed by atoms with E-state index >= 15 is 0 Å². The van der Waals surface area contributed by atoms with Gasteiger partial charge in [-0.2, -0.15) is 0 Å². The molecular weight excluding hydrogens is 805 g/mol. The van der Waals surface area contributed by atoms with E-state index in [2.05, 4.69) is 142 Å². The predicted octanol–water partition coefficient (Wildman–Crippen LogP) is 17.3. The Morgan fingerprint density at radius 2 is 0.600 bits per heavy atom. The number of allylic oxidation sites excluding steroid dienone is 20. The molecular formula is C59H94O6. The molecule has 0 aromatic heterocycles. The fourth-order valence-electron chi connectivity index (χ4n) is 6.63. The van der Waals surface area contributed by atoms with E-state index in [1.165, 1.54) is 64.2 Å². The minimum atomic E-state index is -0.832. The van der Waals surface area contributed by atoms with Gasteiger partial charge in [0.25, 0.3) is 0 Å². The third kappa shape index (κ3) is 50.7. The molecule has 1 atom stereocenters. The number of rotatable bonds is 45. The van der Waals surface area contributed by atoms with E-state index in [-0.39, 0.29) is 44.0 Å². The predicted molar refractivity (Wildman–Crippen MR) is 279 cm³/mol. The highest BCUT2D eigenvalue weighted by molar-refractivity contribution is 5.71. The van der Waals surface area contributed by atoms with Gasteiger partial charge in [0.1, 0.15) is 13.2 Å². The Morgan fingerprint density at radius 3 is 0.938 bits per heavy atom. The maximum atomic E-state index is 12.8. The van der Waals surface area contributed by atoms with Gasteiger partial charge in [0.15, 0.2) is 6.10 Å². The number of hydrogen-bond acceptors (Lipinski definition) is 6. The molecule has 0 aliphatic rings. The van der Waals surface area contributed by atoms with Gasteiger partial charge in [0.05, 0.1) is 0 Å². The lowest BCUT2D eigenvalue weighted by Crippen LogP contribution is -2.30. The van der Waals surface area contributed by atoms with Crippen LogP contribution in [0.5, 0.6) is 0 Å². The van der Waals surface area contributed by atoms with Gasteiger partial charge >= 0.3 is 17.9 Å². The highest BCUT2D eigenvalue weighted by Crippen LogP contribution is 2.14. The zero-order valence-corrected chi connectivity index (χ0v) is 41.7. The summed E-state index contributed by atoms with van der Waals surface area (Å²) < 4.78 is 16.7. The average Bonchev–Trinajstić information content (AvgIpc) is 3.30. The van der Waals surface area contributed by atoms with Gasteiger partial charge in [-0.15, -0.1) is 0 Å². The van der Waals surface area contributed by atoms with E-state index < -0.39 is 6.10 Å². The summed E-state index contributed by atoms with van der Waals surface area (Å²) in [5.41, 5.74) is 0. The summed E-state index contributed by atoms with van der Waals surface area (Å²) >= 11 is 0. The molecule has 0 spiro atoms. The van der Waals surface area contributed by atoms with E-state index in [0.29, 0.717) is 19.3 Å². The molecule has 0 aliphatic heterocycles. The topological polar surface area (TPSA) is 78.9 Å². The Balaban J connectivity index is 4.59. The number of ether oxygens (including phenoxy) is 3. The number of carbonyl (C=O) groups excluding carboxylic acids is 3. The zero-order valence-electron chi connectivity index (χ0n) is 41.7. The Hall–Kier alpha value is -4.19. The fraction of sp³-hybridized carbons (Fsp3) is 0.610. The molecule has 0 aromatic rings. The first-order chi connectivity index (χ1) is 32.0. The van der Waals surface area contributed by atoms with Crippen LogP contribution < -0.4 is 0 Å². The molecule has 0 saturated carbocycles. The molecule has 6 nitrogen and oxygen atoms in total. The quantitative estimate of drug-likeness (QED) is 0.0262. The molecule has 65 heavy (non-hydrogen) atoms. The van der Waals surface area contributed by atoms with E-state index in [0.717, 1.165) is 96.3 Å². The van der Waals surface area contributed by atoms with Gasteiger partial charge < -0.3 is 14.2 Å². The second kappa shape index (κ2) is 52.4. The van der Waals surface area contributed by atoms with Crippen LogP contribution in [0.1, 0.15) is 213 Å². The van der Waals surface area contributed by atoms with Crippen molar-refractivity contribution >= 4 is 17.9 Å². The summed E-state index contributed by atoms with van der Waals surface area (Å²) in [5.74, 6) is -1.05.